The maximum atomic E-state index is 12.0. The number of carbonyl (C=O) groups is 1. The van der Waals surface area contributed by atoms with Gasteiger partial charge in [-0.15, -0.1) is 0 Å². The van der Waals surface area contributed by atoms with Crippen LogP contribution in [-0.4, -0.2) is 27.8 Å². The van der Waals surface area contributed by atoms with E-state index in [0.29, 0.717) is 22.3 Å². The predicted molar refractivity (Wildman–Crippen MR) is 128 cm³/mol. The number of halogens is 1. The zero-order valence-electron chi connectivity index (χ0n) is 18.1. The highest BCUT2D eigenvalue weighted by Gasteiger charge is 2.41. The lowest BCUT2D eigenvalue weighted by molar-refractivity contribution is 0.0600. The molecule has 0 amide bonds. The van der Waals surface area contributed by atoms with Gasteiger partial charge in [0.15, 0.2) is 0 Å². The number of esters is 1. The SMILES string of the molecule is COC(=O)c1ccc([C@H]2Oc3ccc(Cl)cc3C3=C2[C@H](c2ccccc2)n2ncnc2N3)cc1. The first-order valence-electron chi connectivity index (χ1n) is 10.7. The number of hydrogen-bond acceptors (Lipinski definition) is 6. The minimum absolute atomic E-state index is 0.257. The molecule has 34 heavy (non-hydrogen) atoms. The van der Waals surface area contributed by atoms with E-state index in [1.165, 1.54) is 13.4 Å². The van der Waals surface area contributed by atoms with Gasteiger partial charge in [-0.1, -0.05) is 54.1 Å². The minimum Gasteiger partial charge on any atom is -0.480 e. The summed E-state index contributed by atoms with van der Waals surface area (Å²) in [5.74, 6) is 0.961. The molecule has 4 aromatic rings. The predicted octanol–water partition coefficient (Wildman–Crippen LogP) is 5.28. The molecule has 3 heterocycles. The summed E-state index contributed by atoms with van der Waals surface area (Å²) in [5, 5.41) is 8.59. The van der Waals surface area contributed by atoms with Crippen LogP contribution in [0.5, 0.6) is 5.75 Å². The lowest BCUT2D eigenvalue weighted by atomic mass is 9.84. The fourth-order valence-electron chi connectivity index (χ4n) is 4.58. The summed E-state index contributed by atoms with van der Waals surface area (Å²) in [6, 6.07) is 22.7. The highest BCUT2D eigenvalue weighted by Crippen LogP contribution is 2.50. The summed E-state index contributed by atoms with van der Waals surface area (Å²) >= 11 is 6.37. The van der Waals surface area contributed by atoms with E-state index in [1.807, 2.05) is 53.2 Å². The van der Waals surface area contributed by atoms with Crippen molar-refractivity contribution >= 4 is 29.2 Å². The van der Waals surface area contributed by atoms with Gasteiger partial charge in [0.1, 0.15) is 24.2 Å². The summed E-state index contributed by atoms with van der Waals surface area (Å²) in [6.07, 6.45) is 1.10. The number of methoxy groups -OCH3 is 1. The van der Waals surface area contributed by atoms with Gasteiger partial charge in [0.05, 0.1) is 18.4 Å². The number of nitrogens with zero attached hydrogens (tertiary/aromatic N) is 3. The topological polar surface area (TPSA) is 78.3 Å². The Morgan fingerprint density at radius 2 is 1.85 bits per heavy atom. The van der Waals surface area contributed by atoms with Gasteiger partial charge in [-0.05, 0) is 41.5 Å². The van der Waals surface area contributed by atoms with Gasteiger partial charge in [-0.3, -0.25) is 0 Å². The van der Waals surface area contributed by atoms with E-state index in [-0.39, 0.29) is 12.0 Å². The second-order valence-electron chi connectivity index (χ2n) is 8.05. The normalized spacial score (nSPS) is 18.2. The molecule has 7 nitrogen and oxygen atoms in total. The maximum Gasteiger partial charge on any atom is 0.337 e. The van der Waals surface area contributed by atoms with Gasteiger partial charge in [-0.25, -0.2) is 9.48 Å². The van der Waals surface area contributed by atoms with E-state index in [2.05, 4.69) is 27.5 Å². The van der Waals surface area contributed by atoms with Gasteiger partial charge >= 0.3 is 5.97 Å². The Labute approximate surface area is 200 Å². The Morgan fingerprint density at radius 1 is 1.06 bits per heavy atom. The minimum atomic E-state index is -0.439. The zero-order chi connectivity index (χ0) is 23.2. The molecular formula is C26H19ClN4O3. The number of benzene rings is 3. The van der Waals surface area contributed by atoms with E-state index in [1.54, 1.807) is 12.1 Å². The number of hydrogen-bond donors (Lipinski definition) is 1. The quantitative estimate of drug-likeness (QED) is 0.410. The molecule has 2 atom stereocenters. The number of nitrogens with one attached hydrogen (secondary N) is 1. The molecular weight excluding hydrogens is 452 g/mol. The highest BCUT2D eigenvalue weighted by molar-refractivity contribution is 6.30. The molecule has 2 aliphatic rings. The number of anilines is 1. The molecule has 6 rings (SSSR count). The van der Waals surface area contributed by atoms with Crippen molar-refractivity contribution in [2.45, 2.75) is 12.1 Å². The van der Waals surface area contributed by atoms with Crippen molar-refractivity contribution in [3.8, 4) is 5.75 Å². The Morgan fingerprint density at radius 3 is 2.62 bits per heavy atom. The number of aromatic nitrogens is 3. The summed E-state index contributed by atoms with van der Waals surface area (Å²) in [5.41, 5.74) is 5.15. The van der Waals surface area contributed by atoms with Crippen LogP contribution in [0.15, 0.2) is 84.7 Å². The average Bonchev–Trinajstić information content (AvgIpc) is 3.35. The monoisotopic (exact) mass is 470 g/mol. The number of carbonyl (C=O) groups excluding carboxylic acids is 1. The van der Waals surface area contributed by atoms with Crippen molar-refractivity contribution in [2.75, 3.05) is 12.4 Å². The average molecular weight is 471 g/mol. The van der Waals surface area contributed by atoms with Crippen LogP contribution in [0.1, 0.15) is 39.2 Å². The lowest BCUT2D eigenvalue weighted by Gasteiger charge is -2.39. The molecule has 0 radical (unpaired) electrons. The summed E-state index contributed by atoms with van der Waals surface area (Å²) in [7, 11) is 1.37. The smallest absolute Gasteiger partial charge is 0.337 e. The van der Waals surface area contributed by atoms with Crippen molar-refractivity contribution < 1.29 is 14.3 Å². The van der Waals surface area contributed by atoms with Crippen LogP contribution < -0.4 is 10.1 Å². The third-order valence-corrected chi connectivity index (χ3v) is 6.36. The van der Waals surface area contributed by atoms with Crippen LogP contribution in [0.2, 0.25) is 5.02 Å². The van der Waals surface area contributed by atoms with Crippen molar-refractivity contribution in [3.63, 3.8) is 0 Å². The number of rotatable bonds is 3. The maximum absolute atomic E-state index is 12.0. The first-order chi connectivity index (χ1) is 16.6. The Kier molecular flexibility index (Phi) is 4.85. The molecule has 8 heteroatoms. The number of fused-ring (bicyclic) bond motifs is 3. The Bertz CT molecular complexity index is 1430. The first-order valence-corrected chi connectivity index (χ1v) is 11.1. The fraction of sp³-hybridized carbons (Fsp3) is 0.115. The lowest BCUT2D eigenvalue weighted by Crippen LogP contribution is -2.32. The van der Waals surface area contributed by atoms with E-state index in [0.717, 1.165) is 28.0 Å². The Hall–Kier alpha value is -4.10. The molecule has 1 N–H and O–H groups in total. The molecule has 3 aromatic carbocycles. The molecule has 0 spiro atoms. The molecule has 1 aromatic heterocycles. The van der Waals surface area contributed by atoms with Crippen LogP contribution in [0.3, 0.4) is 0 Å². The third kappa shape index (κ3) is 3.24. The molecule has 0 saturated heterocycles. The van der Waals surface area contributed by atoms with E-state index in [9.17, 15) is 4.79 Å². The first kappa shape index (κ1) is 20.5. The molecule has 0 fully saturated rings. The molecule has 0 unspecified atom stereocenters. The van der Waals surface area contributed by atoms with E-state index >= 15 is 0 Å². The van der Waals surface area contributed by atoms with Gasteiger partial charge < -0.3 is 14.8 Å². The van der Waals surface area contributed by atoms with Crippen molar-refractivity contribution in [3.05, 3.63) is 112 Å². The second-order valence-corrected chi connectivity index (χ2v) is 8.49. The van der Waals surface area contributed by atoms with Crippen LogP contribution in [0, 0.1) is 0 Å². The van der Waals surface area contributed by atoms with Crippen LogP contribution in [-0.2, 0) is 4.74 Å². The zero-order valence-corrected chi connectivity index (χ0v) is 18.9. The fourth-order valence-corrected chi connectivity index (χ4v) is 4.76. The second kappa shape index (κ2) is 8.04. The third-order valence-electron chi connectivity index (χ3n) is 6.13. The molecule has 0 saturated carbocycles. The van der Waals surface area contributed by atoms with Gasteiger partial charge in [-0.2, -0.15) is 10.1 Å². The highest BCUT2D eigenvalue weighted by atomic mass is 35.5. The Balaban J connectivity index is 1.57. The van der Waals surface area contributed by atoms with Crippen molar-refractivity contribution in [1.82, 2.24) is 14.8 Å². The largest absolute Gasteiger partial charge is 0.480 e. The van der Waals surface area contributed by atoms with Crippen LogP contribution >= 0.6 is 11.6 Å². The van der Waals surface area contributed by atoms with Crippen LogP contribution in [0.4, 0.5) is 5.95 Å². The number of ether oxygens (including phenoxy) is 2. The molecule has 2 aliphatic heterocycles. The van der Waals surface area contributed by atoms with Gasteiger partial charge in [0.25, 0.3) is 0 Å². The molecule has 0 bridgehead atoms. The van der Waals surface area contributed by atoms with Crippen molar-refractivity contribution in [1.29, 1.82) is 0 Å². The summed E-state index contributed by atoms with van der Waals surface area (Å²) in [6.45, 7) is 0. The molecule has 168 valence electrons. The van der Waals surface area contributed by atoms with E-state index in [4.69, 9.17) is 21.1 Å². The summed E-state index contributed by atoms with van der Waals surface area (Å²) in [4.78, 5) is 16.4. The van der Waals surface area contributed by atoms with Gasteiger partial charge in [0, 0.05) is 16.2 Å². The molecule has 0 aliphatic carbocycles. The standard InChI is InChI=1S/C26H19ClN4O3/c1-33-25(32)17-9-7-16(8-10-17)24-21-22(19-13-18(27)11-12-20(19)34-24)30-26-28-14-29-31(26)23(21)15-5-3-2-4-6-15/h2-14,23-24H,1H3,(H,28,29,30)/t23-,24+/m0/s1. The van der Waals surface area contributed by atoms with E-state index < -0.39 is 6.10 Å². The summed E-state index contributed by atoms with van der Waals surface area (Å²) < 4.78 is 13.3. The van der Waals surface area contributed by atoms with Crippen LogP contribution in [0.25, 0.3) is 5.70 Å². The van der Waals surface area contributed by atoms with Gasteiger partial charge in [0.2, 0.25) is 5.95 Å². The van der Waals surface area contributed by atoms with Crippen molar-refractivity contribution in [2.24, 2.45) is 0 Å².